The van der Waals surface area contributed by atoms with Gasteiger partial charge in [-0.25, -0.2) is 0 Å². The highest BCUT2D eigenvalue weighted by atomic mass is 35.5. The second-order valence-electron chi connectivity index (χ2n) is 4.56. The van der Waals surface area contributed by atoms with E-state index in [1.165, 1.54) is 21.9 Å². The number of aromatic nitrogens is 2. The predicted octanol–water partition coefficient (Wildman–Crippen LogP) is 2.68. The van der Waals surface area contributed by atoms with Crippen molar-refractivity contribution in [3.05, 3.63) is 56.3 Å². The van der Waals surface area contributed by atoms with Crippen LogP contribution in [0.1, 0.15) is 15.9 Å². The Morgan fingerprint density at radius 1 is 1.45 bits per heavy atom. The SMILES string of the molecule is Cc1cccc(NC(=O)c2c(O)nc3sccn3c2=O)c1Cl. The third kappa shape index (κ3) is 2.34. The van der Waals surface area contributed by atoms with Gasteiger partial charge in [-0.05, 0) is 18.6 Å². The van der Waals surface area contributed by atoms with Crippen molar-refractivity contribution >= 4 is 39.5 Å². The molecule has 0 spiro atoms. The predicted molar refractivity (Wildman–Crippen MR) is 85.1 cm³/mol. The van der Waals surface area contributed by atoms with E-state index in [0.29, 0.717) is 15.7 Å². The van der Waals surface area contributed by atoms with Crippen LogP contribution in [0.4, 0.5) is 5.69 Å². The standard InChI is InChI=1S/C14H10ClN3O3S/c1-7-3-2-4-8(10(7)15)16-11(19)9-12(20)17-14-18(13(9)21)5-6-22-14/h2-6,20H,1H3,(H,16,19). The second-order valence-corrected chi connectivity index (χ2v) is 5.81. The number of anilines is 1. The molecule has 0 bridgehead atoms. The lowest BCUT2D eigenvalue weighted by molar-refractivity contribution is 0.102. The zero-order valence-electron chi connectivity index (χ0n) is 11.3. The van der Waals surface area contributed by atoms with E-state index < -0.39 is 22.9 Å². The van der Waals surface area contributed by atoms with Gasteiger partial charge in [-0.3, -0.25) is 14.0 Å². The molecule has 8 heteroatoms. The van der Waals surface area contributed by atoms with Crippen LogP contribution < -0.4 is 10.9 Å². The molecule has 0 saturated heterocycles. The van der Waals surface area contributed by atoms with Gasteiger partial charge in [-0.2, -0.15) is 4.98 Å². The number of hydrogen-bond acceptors (Lipinski definition) is 5. The largest absolute Gasteiger partial charge is 0.492 e. The molecule has 2 aromatic heterocycles. The summed E-state index contributed by atoms with van der Waals surface area (Å²) < 4.78 is 1.21. The average molecular weight is 336 g/mol. The first-order chi connectivity index (χ1) is 10.5. The van der Waals surface area contributed by atoms with E-state index in [0.717, 1.165) is 5.56 Å². The quantitative estimate of drug-likeness (QED) is 0.754. The Balaban J connectivity index is 2.06. The van der Waals surface area contributed by atoms with E-state index in [2.05, 4.69) is 10.3 Å². The fourth-order valence-electron chi connectivity index (χ4n) is 2.00. The summed E-state index contributed by atoms with van der Waals surface area (Å²) in [6.45, 7) is 1.79. The number of amides is 1. The topological polar surface area (TPSA) is 83.7 Å². The summed E-state index contributed by atoms with van der Waals surface area (Å²) in [4.78, 5) is 28.7. The Bertz CT molecular complexity index is 948. The van der Waals surface area contributed by atoms with Crippen molar-refractivity contribution in [2.24, 2.45) is 0 Å². The van der Waals surface area contributed by atoms with Gasteiger partial charge in [0.15, 0.2) is 10.5 Å². The molecule has 3 rings (SSSR count). The molecular formula is C14H10ClN3O3S. The molecule has 22 heavy (non-hydrogen) atoms. The van der Waals surface area contributed by atoms with E-state index >= 15 is 0 Å². The molecule has 2 heterocycles. The summed E-state index contributed by atoms with van der Waals surface area (Å²) >= 11 is 7.29. The van der Waals surface area contributed by atoms with Gasteiger partial charge in [0.1, 0.15) is 0 Å². The summed E-state index contributed by atoms with van der Waals surface area (Å²) in [5.74, 6) is -1.36. The lowest BCUT2D eigenvalue weighted by Gasteiger charge is -2.09. The summed E-state index contributed by atoms with van der Waals surface area (Å²) in [7, 11) is 0. The molecule has 0 aliphatic carbocycles. The molecule has 0 aliphatic heterocycles. The highest BCUT2D eigenvalue weighted by Gasteiger charge is 2.21. The number of halogens is 1. The van der Waals surface area contributed by atoms with Crippen molar-refractivity contribution in [3.8, 4) is 5.88 Å². The van der Waals surface area contributed by atoms with Crippen LogP contribution in [0.25, 0.3) is 4.96 Å². The molecule has 0 radical (unpaired) electrons. The first-order valence-corrected chi connectivity index (χ1v) is 7.50. The van der Waals surface area contributed by atoms with Crippen LogP contribution in [0.15, 0.2) is 34.6 Å². The summed E-state index contributed by atoms with van der Waals surface area (Å²) in [5, 5.41) is 14.4. The highest BCUT2D eigenvalue weighted by Crippen LogP contribution is 2.26. The fraction of sp³-hybridized carbons (Fsp3) is 0.0714. The van der Waals surface area contributed by atoms with Crippen molar-refractivity contribution in [3.63, 3.8) is 0 Å². The average Bonchev–Trinajstić information content (AvgIpc) is 2.92. The number of carbonyl (C=O) groups excluding carboxylic acids is 1. The van der Waals surface area contributed by atoms with Crippen LogP contribution in [0.2, 0.25) is 5.02 Å². The van der Waals surface area contributed by atoms with Gasteiger partial charge < -0.3 is 10.4 Å². The number of fused-ring (bicyclic) bond motifs is 1. The van der Waals surface area contributed by atoms with E-state index in [9.17, 15) is 14.7 Å². The first-order valence-electron chi connectivity index (χ1n) is 6.24. The van der Waals surface area contributed by atoms with Crippen molar-refractivity contribution in [2.45, 2.75) is 6.92 Å². The van der Waals surface area contributed by atoms with E-state index in [1.54, 1.807) is 30.5 Å². The van der Waals surface area contributed by atoms with Gasteiger partial charge in [0, 0.05) is 11.6 Å². The van der Waals surface area contributed by atoms with Crippen LogP contribution in [-0.4, -0.2) is 20.4 Å². The maximum Gasteiger partial charge on any atom is 0.275 e. The molecule has 112 valence electrons. The molecule has 2 N–H and O–H groups in total. The number of rotatable bonds is 2. The van der Waals surface area contributed by atoms with Crippen molar-refractivity contribution in [1.82, 2.24) is 9.38 Å². The molecule has 0 atom stereocenters. The Labute approximate surface area is 133 Å². The molecule has 3 aromatic rings. The number of hydrogen-bond donors (Lipinski definition) is 2. The molecule has 0 unspecified atom stereocenters. The van der Waals surface area contributed by atoms with Crippen molar-refractivity contribution in [1.29, 1.82) is 0 Å². The van der Waals surface area contributed by atoms with E-state index in [4.69, 9.17) is 11.6 Å². The first kappa shape index (κ1) is 14.6. The third-order valence-electron chi connectivity index (χ3n) is 3.11. The minimum atomic E-state index is -0.761. The van der Waals surface area contributed by atoms with Gasteiger partial charge >= 0.3 is 0 Å². The van der Waals surface area contributed by atoms with Gasteiger partial charge in [0.05, 0.1) is 10.7 Å². The molecule has 6 nitrogen and oxygen atoms in total. The fourth-order valence-corrected chi connectivity index (χ4v) is 2.87. The maximum atomic E-state index is 12.3. The van der Waals surface area contributed by atoms with Gasteiger partial charge in [0.25, 0.3) is 11.5 Å². The number of carbonyl (C=O) groups is 1. The third-order valence-corrected chi connectivity index (χ3v) is 4.37. The van der Waals surface area contributed by atoms with Gasteiger partial charge in [0.2, 0.25) is 5.88 Å². The summed E-state index contributed by atoms with van der Waals surface area (Å²) in [5.41, 5.74) is 0.0891. The Hall–Kier alpha value is -2.38. The minimum absolute atomic E-state index is 0.313. The van der Waals surface area contributed by atoms with Crippen LogP contribution in [0, 0.1) is 6.92 Å². The lowest BCUT2D eigenvalue weighted by Crippen LogP contribution is -2.26. The number of aryl methyl sites for hydroxylation is 1. The monoisotopic (exact) mass is 335 g/mol. The second kappa shape index (κ2) is 5.43. The molecular weight excluding hydrogens is 326 g/mol. The molecule has 0 saturated carbocycles. The maximum absolute atomic E-state index is 12.3. The minimum Gasteiger partial charge on any atom is -0.492 e. The van der Waals surface area contributed by atoms with Crippen molar-refractivity contribution < 1.29 is 9.90 Å². The Morgan fingerprint density at radius 2 is 2.23 bits per heavy atom. The smallest absolute Gasteiger partial charge is 0.275 e. The molecule has 1 aromatic carbocycles. The number of nitrogens with one attached hydrogen (secondary N) is 1. The number of aromatic hydroxyl groups is 1. The van der Waals surface area contributed by atoms with Crippen LogP contribution >= 0.6 is 22.9 Å². The van der Waals surface area contributed by atoms with Crippen LogP contribution in [0.5, 0.6) is 5.88 Å². The summed E-state index contributed by atoms with van der Waals surface area (Å²) in [6, 6.07) is 5.13. The molecule has 0 fully saturated rings. The van der Waals surface area contributed by atoms with Gasteiger partial charge in [-0.15, -0.1) is 11.3 Å². The number of benzene rings is 1. The number of nitrogens with zero attached hydrogens (tertiary/aromatic N) is 2. The zero-order valence-corrected chi connectivity index (χ0v) is 12.9. The van der Waals surface area contributed by atoms with Crippen LogP contribution in [0.3, 0.4) is 0 Å². The van der Waals surface area contributed by atoms with Gasteiger partial charge in [-0.1, -0.05) is 23.7 Å². The summed E-state index contributed by atoms with van der Waals surface area (Å²) in [6.07, 6.45) is 1.49. The lowest BCUT2D eigenvalue weighted by atomic mass is 10.2. The number of thiazole rings is 1. The highest BCUT2D eigenvalue weighted by molar-refractivity contribution is 7.15. The van der Waals surface area contributed by atoms with E-state index in [-0.39, 0.29) is 0 Å². The zero-order chi connectivity index (χ0) is 15.9. The molecule has 1 amide bonds. The van der Waals surface area contributed by atoms with Crippen molar-refractivity contribution in [2.75, 3.05) is 5.32 Å². The molecule has 0 aliphatic rings. The Kier molecular flexibility index (Phi) is 3.59. The Morgan fingerprint density at radius 3 is 3.00 bits per heavy atom. The normalized spacial score (nSPS) is 10.8. The van der Waals surface area contributed by atoms with E-state index in [1.807, 2.05) is 0 Å². The van der Waals surface area contributed by atoms with Crippen LogP contribution in [-0.2, 0) is 0 Å².